The topological polar surface area (TPSA) is 68.2 Å². The number of allylic oxidation sites excluding steroid dienone is 1. The lowest BCUT2D eigenvalue weighted by molar-refractivity contribution is -0.139. The number of thioether (sulfide) groups is 1. The van der Waals surface area contributed by atoms with Crippen LogP contribution in [-0.2, 0) is 20.9 Å². The van der Waals surface area contributed by atoms with Gasteiger partial charge in [0.2, 0.25) is 5.91 Å². The van der Waals surface area contributed by atoms with Gasteiger partial charge in [-0.15, -0.1) is 0 Å². The first-order valence-electron chi connectivity index (χ1n) is 10.4. The van der Waals surface area contributed by atoms with Crippen molar-refractivity contribution in [2.24, 2.45) is 4.99 Å². The fraction of sp³-hybridized carbons (Fsp3) is 0.240. The Balaban J connectivity index is 1.63. The molecule has 2 aromatic carbocycles. The summed E-state index contributed by atoms with van der Waals surface area (Å²) in [6.07, 6.45) is 1.91. The van der Waals surface area contributed by atoms with Crippen molar-refractivity contribution < 1.29 is 19.1 Å². The van der Waals surface area contributed by atoms with Gasteiger partial charge in [0.25, 0.3) is 0 Å². The number of rotatable bonds is 7. The summed E-state index contributed by atoms with van der Waals surface area (Å²) < 4.78 is 11.2. The number of carbonyl (C=O) groups excluding carboxylic acids is 2. The van der Waals surface area contributed by atoms with Crippen molar-refractivity contribution in [3.05, 3.63) is 89.6 Å². The van der Waals surface area contributed by atoms with E-state index in [4.69, 9.17) is 9.47 Å². The van der Waals surface area contributed by atoms with Crippen LogP contribution in [0.4, 0.5) is 0 Å². The summed E-state index contributed by atoms with van der Waals surface area (Å²) in [4.78, 5) is 31.9. The molecule has 0 bridgehead atoms. The number of fused-ring (bicyclic) bond motifs is 1. The molecular formula is C25H24N2O4S. The minimum absolute atomic E-state index is 0.0570. The average Bonchev–Trinajstić information content (AvgIpc) is 2.81. The van der Waals surface area contributed by atoms with E-state index in [0.717, 1.165) is 11.1 Å². The van der Waals surface area contributed by atoms with E-state index < -0.39 is 12.0 Å². The number of amides is 1. The van der Waals surface area contributed by atoms with Crippen LogP contribution in [0.25, 0.3) is 0 Å². The Morgan fingerprint density at radius 3 is 2.69 bits per heavy atom. The predicted octanol–water partition coefficient (Wildman–Crippen LogP) is 4.65. The van der Waals surface area contributed by atoms with Crippen LogP contribution in [-0.4, -0.2) is 34.3 Å². The van der Waals surface area contributed by atoms with Crippen molar-refractivity contribution in [3.63, 3.8) is 0 Å². The molecule has 0 aliphatic carbocycles. The first-order valence-corrected chi connectivity index (χ1v) is 11.4. The van der Waals surface area contributed by atoms with E-state index in [0.29, 0.717) is 41.0 Å². The maximum absolute atomic E-state index is 12.9. The molecule has 0 saturated carbocycles. The molecule has 0 aromatic heterocycles. The standard InChI is InChI=1S/C25H24N2O4S/c1-3-14-30-24(29)22-17(2)26-25-27(21(28)13-15-32-25)23(22)19-9-11-20(12-10-19)31-16-18-7-5-4-6-8-18/h3-12,23H,1,13-16H2,2H3. The zero-order valence-corrected chi connectivity index (χ0v) is 18.6. The lowest BCUT2D eigenvalue weighted by atomic mass is 9.94. The second kappa shape index (κ2) is 9.87. The molecule has 1 atom stereocenters. The van der Waals surface area contributed by atoms with E-state index in [-0.39, 0.29) is 12.5 Å². The van der Waals surface area contributed by atoms with Crippen molar-refractivity contribution in [2.45, 2.75) is 26.0 Å². The monoisotopic (exact) mass is 448 g/mol. The Kier molecular flexibility index (Phi) is 6.75. The Labute approximate surface area is 191 Å². The van der Waals surface area contributed by atoms with E-state index in [2.05, 4.69) is 11.6 Å². The van der Waals surface area contributed by atoms with E-state index in [9.17, 15) is 9.59 Å². The van der Waals surface area contributed by atoms with Gasteiger partial charge >= 0.3 is 5.97 Å². The van der Waals surface area contributed by atoms with Gasteiger partial charge in [-0.25, -0.2) is 9.79 Å². The van der Waals surface area contributed by atoms with Crippen LogP contribution in [0.2, 0.25) is 0 Å². The number of ether oxygens (including phenoxy) is 2. The summed E-state index contributed by atoms with van der Waals surface area (Å²) in [5.41, 5.74) is 2.79. The number of hydrogen-bond acceptors (Lipinski definition) is 6. The molecule has 1 amide bonds. The fourth-order valence-corrected chi connectivity index (χ4v) is 4.68. The number of nitrogens with zero attached hydrogens (tertiary/aromatic N) is 2. The molecule has 7 heteroatoms. The highest BCUT2D eigenvalue weighted by Crippen LogP contribution is 2.40. The molecule has 1 fully saturated rings. The van der Waals surface area contributed by atoms with Gasteiger partial charge in [0.05, 0.1) is 17.3 Å². The van der Waals surface area contributed by atoms with Crippen LogP contribution < -0.4 is 4.74 Å². The van der Waals surface area contributed by atoms with Crippen molar-refractivity contribution >= 4 is 28.8 Å². The first kappa shape index (κ1) is 21.9. The fourth-order valence-electron chi connectivity index (χ4n) is 3.67. The molecule has 2 aliphatic rings. The third-order valence-corrected chi connectivity index (χ3v) is 6.16. The highest BCUT2D eigenvalue weighted by atomic mass is 32.2. The average molecular weight is 449 g/mol. The van der Waals surface area contributed by atoms with Gasteiger partial charge in [-0.1, -0.05) is 66.9 Å². The number of aliphatic imine (C=N–C) groups is 1. The molecule has 0 N–H and O–H groups in total. The van der Waals surface area contributed by atoms with Crippen molar-refractivity contribution in [2.75, 3.05) is 12.4 Å². The molecule has 4 rings (SSSR count). The van der Waals surface area contributed by atoms with Gasteiger partial charge in [-0.2, -0.15) is 0 Å². The van der Waals surface area contributed by atoms with Crippen molar-refractivity contribution in [1.29, 1.82) is 0 Å². The minimum atomic E-state index is -0.594. The van der Waals surface area contributed by atoms with Crippen LogP contribution >= 0.6 is 11.8 Å². The largest absolute Gasteiger partial charge is 0.489 e. The normalized spacial score (nSPS) is 18.0. The van der Waals surface area contributed by atoms with Gasteiger partial charge < -0.3 is 9.47 Å². The van der Waals surface area contributed by atoms with Gasteiger partial charge in [-0.05, 0) is 30.2 Å². The molecule has 0 spiro atoms. The minimum Gasteiger partial charge on any atom is -0.489 e. The highest BCUT2D eigenvalue weighted by Gasteiger charge is 2.41. The summed E-state index contributed by atoms with van der Waals surface area (Å²) in [5, 5.41) is 0.619. The number of carbonyl (C=O) groups is 2. The Morgan fingerprint density at radius 1 is 1.22 bits per heavy atom. The smallest absolute Gasteiger partial charge is 0.338 e. The second-order valence-electron chi connectivity index (χ2n) is 7.39. The van der Waals surface area contributed by atoms with Gasteiger partial charge in [-0.3, -0.25) is 9.69 Å². The van der Waals surface area contributed by atoms with Crippen LogP contribution in [0.1, 0.15) is 30.5 Å². The van der Waals surface area contributed by atoms with Crippen molar-refractivity contribution in [1.82, 2.24) is 4.90 Å². The summed E-state index contributed by atoms with van der Waals surface area (Å²) in [7, 11) is 0. The zero-order valence-electron chi connectivity index (χ0n) is 17.8. The molecule has 32 heavy (non-hydrogen) atoms. The van der Waals surface area contributed by atoms with Gasteiger partial charge in [0, 0.05) is 12.2 Å². The molecule has 0 radical (unpaired) electrons. The molecule has 2 aromatic rings. The lowest BCUT2D eigenvalue weighted by Crippen LogP contribution is -2.45. The van der Waals surface area contributed by atoms with Crippen LogP contribution in [0, 0.1) is 0 Å². The first-order chi connectivity index (χ1) is 15.6. The second-order valence-corrected chi connectivity index (χ2v) is 8.45. The van der Waals surface area contributed by atoms with E-state index in [1.165, 1.54) is 17.8 Å². The summed E-state index contributed by atoms with van der Waals surface area (Å²) in [5.74, 6) is 0.830. The molecule has 6 nitrogen and oxygen atoms in total. The van der Waals surface area contributed by atoms with Crippen LogP contribution in [0.3, 0.4) is 0 Å². The third kappa shape index (κ3) is 4.62. The SMILES string of the molecule is C=CCOC(=O)C1=C(C)N=C2SCCC(=O)N2C1c1ccc(OCc2ccccc2)cc1. The lowest BCUT2D eigenvalue weighted by Gasteiger charge is -2.38. The van der Waals surface area contributed by atoms with Gasteiger partial charge in [0.1, 0.15) is 19.0 Å². The molecule has 2 aliphatic heterocycles. The number of amidine groups is 1. The zero-order chi connectivity index (χ0) is 22.5. The molecular weight excluding hydrogens is 424 g/mol. The Morgan fingerprint density at radius 2 is 1.97 bits per heavy atom. The summed E-state index contributed by atoms with van der Waals surface area (Å²) >= 11 is 1.52. The number of benzene rings is 2. The maximum Gasteiger partial charge on any atom is 0.338 e. The van der Waals surface area contributed by atoms with E-state index >= 15 is 0 Å². The molecule has 164 valence electrons. The Bertz CT molecular complexity index is 1080. The number of esters is 1. The van der Waals surface area contributed by atoms with Crippen LogP contribution in [0.5, 0.6) is 5.75 Å². The van der Waals surface area contributed by atoms with Crippen molar-refractivity contribution in [3.8, 4) is 5.75 Å². The molecule has 1 unspecified atom stereocenters. The quantitative estimate of drug-likeness (QED) is 0.456. The van der Waals surface area contributed by atoms with E-state index in [1.807, 2.05) is 54.6 Å². The maximum atomic E-state index is 12.9. The molecule has 1 saturated heterocycles. The summed E-state index contributed by atoms with van der Waals surface area (Å²) in [6.45, 7) is 5.92. The third-order valence-electron chi connectivity index (χ3n) is 5.20. The highest BCUT2D eigenvalue weighted by molar-refractivity contribution is 8.14. The molecule has 2 heterocycles. The number of hydrogen-bond donors (Lipinski definition) is 0. The van der Waals surface area contributed by atoms with Gasteiger partial charge in [0.15, 0.2) is 5.17 Å². The van der Waals surface area contributed by atoms with Crippen LogP contribution in [0.15, 0.2) is 83.5 Å². The predicted molar refractivity (Wildman–Crippen MR) is 125 cm³/mol. The Hall–Kier alpha value is -3.32. The summed E-state index contributed by atoms with van der Waals surface area (Å²) in [6, 6.07) is 16.8. The van der Waals surface area contributed by atoms with E-state index in [1.54, 1.807) is 11.8 Å².